The number of methoxy groups -OCH3 is 1. The van der Waals surface area contributed by atoms with Crippen LogP contribution < -0.4 is 15.4 Å². The number of likely N-dealkylation sites (tertiary alicyclic amines) is 1. The zero-order valence-electron chi connectivity index (χ0n) is 19.1. The molecule has 1 aliphatic heterocycles. The lowest BCUT2D eigenvalue weighted by atomic mass is 10.1. The van der Waals surface area contributed by atoms with E-state index in [0.29, 0.717) is 30.6 Å². The van der Waals surface area contributed by atoms with Crippen LogP contribution in [0.2, 0.25) is 0 Å². The van der Waals surface area contributed by atoms with E-state index in [1.54, 1.807) is 13.0 Å². The van der Waals surface area contributed by atoms with Gasteiger partial charge in [-0.3, -0.25) is 9.69 Å². The van der Waals surface area contributed by atoms with E-state index in [2.05, 4.69) is 22.5 Å². The molecule has 0 saturated carbocycles. The Balaban J connectivity index is 1.87. The van der Waals surface area contributed by atoms with Crippen molar-refractivity contribution >= 4 is 21.4 Å². The van der Waals surface area contributed by atoms with E-state index >= 15 is 0 Å². The fourth-order valence-electron chi connectivity index (χ4n) is 4.10. The summed E-state index contributed by atoms with van der Waals surface area (Å²) in [5, 5.41) is 6.18. The van der Waals surface area contributed by atoms with Gasteiger partial charge in [-0.05, 0) is 37.6 Å². The number of carbonyl (C=O) groups excluding carboxylic acids is 1. The van der Waals surface area contributed by atoms with Crippen molar-refractivity contribution in [1.82, 2.24) is 10.2 Å². The number of rotatable bonds is 10. The largest absolute Gasteiger partial charge is 0.496 e. The number of nitrogens with zero attached hydrogens (tertiary/aromatic N) is 1. The summed E-state index contributed by atoms with van der Waals surface area (Å²) in [5.74, 6) is -0.0487. The SMILES string of the molecule is CCN1CCCC1CNC(=O)c1cc(S(=O)(=O)CC)c(NCc2ccccc2)cc1OC. The van der Waals surface area contributed by atoms with E-state index in [0.717, 1.165) is 31.5 Å². The van der Waals surface area contributed by atoms with Crippen LogP contribution in [-0.2, 0) is 16.4 Å². The Morgan fingerprint density at radius 1 is 1.19 bits per heavy atom. The van der Waals surface area contributed by atoms with Gasteiger partial charge in [0.1, 0.15) is 5.75 Å². The summed E-state index contributed by atoms with van der Waals surface area (Å²) in [5.41, 5.74) is 1.67. The molecule has 2 aromatic rings. The predicted octanol–water partition coefficient (Wildman–Crippen LogP) is 3.32. The molecule has 1 aliphatic rings. The Morgan fingerprint density at radius 3 is 2.59 bits per heavy atom. The molecule has 32 heavy (non-hydrogen) atoms. The van der Waals surface area contributed by atoms with Crippen molar-refractivity contribution in [2.75, 3.05) is 37.8 Å². The Hall–Kier alpha value is -2.58. The Morgan fingerprint density at radius 2 is 1.94 bits per heavy atom. The van der Waals surface area contributed by atoms with E-state index in [-0.39, 0.29) is 22.1 Å². The van der Waals surface area contributed by atoms with Crippen molar-refractivity contribution in [3.05, 3.63) is 53.6 Å². The Labute approximate surface area is 191 Å². The second-order valence-corrected chi connectivity index (χ2v) is 10.2. The normalized spacial score (nSPS) is 16.7. The molecule has 1 atom stereocenters. The first-order valence-corrected chi connectivity index (χ1v) is 12.8. The lowest BCUT2D eigenvalue weighted by Gasteiger charge is -2.23. The van der Waals surface area contributed by atoms with Gasteiger partial charge >= 0.3 is 0 Å². The van der Waals surface area contributed by atoms with E-state index in [4.69, 9.17) is 4.74 Å². The summed E-state index contributed by atoms with van der Waals surface area (Å²) in [6.45, 7) is 6.69. The fraction of sp³-hybridized carbons (Fsp3) is 0.458. The minimum absolute atomic E-state index is 0.0616. The number of benzene rings is 2. The molecule has 0 aliphatic carbocycles. The van der Waals surface area contributed by atoms with Gasteiger partial charge in [-0.1, -0.05) is 44.2 Å². The molecule has 1 unspecified atom stereocenters. The summed E-state index contributed by atoms with van der Waals surface area (Å²) in [6.07, 6.45) is 2.17. The Bertz CT molecular complexity index is 1030. The predicted molar refractivity (Wildman–Crippen MR) is 127 cm³/mol. The van der Waals surface area contributed by atoms with Crippen LogP contribution in [-0.4, -0.2) is 57.8 Å². The molecule has 0 radical (unpaired) electrons. The lowest BCUT2D eigenvalue weighted by Crippen LogP contribution is -2.40. The first-order valence-electron chi connectivity index (χ1n) is 11.1. The van der Waals surface area contributed by atoms with Crippen molar-refractivity contribution in [1.29, 1.82) is 0 Å². The maximum absolute atomic E-state index is 13.0. The molecule has 8 heteroatoms. The van der Waals surface area contributed by atoms with Gasteiger partial charge in [0.2, 0.25) is 0 Å². The van der Waals surface area contributed by atoms with Crippen molar-refractivity contribution < 1.29 is 17.9 Å². The van der Waals surface area contributed by atoms with Gasteiger partial charge in [0, 0.05) is 25.2 Å². The third-order valence-corrected chi connectivity index (χ3v) is 7.76. The van der Waals surface area contributed by atoms with E-state index < -0.39 is 9.84 Å². The first kappa shape index (κ1) is 24.1. The summed E-state index contributed by atoms with van der Waals surface area (Å²) < 4.78 is 31.1. The molecule has 2 N–H and O–H groups in total. The van der Waals surface area contributed by atoms with Crippen molar-refractivity contribution in [2.45, 2.75) is 44.2 Å². The third-order valence-electron chi connectivity index (χ3n) is 5.99. The maximum Gasteiger partial charge on any atom is 0.255 e. The Kier molecular flexibility index (Phi) is 8.15. The number of sulfone groups is 1. The van der Waals surface area contributed by atoms with Gasteiger partial charge in [-0.15, -0.1) is 0 Å². The van der Waals surface area contributed by atoms with Crippen LogP contribution in [0.5, 0.6) is 5.75 Å². The highest BCUT2D eigenvalue weighted by molar-refractivity contribution is 7.91. The minimum atomic E-state index is -3.56. The number of hydrogen-bond acceptors (Lipinski definition) is 6. The fourth-order valence-corrected chi connectivity index (χ4v) is 5.17. The molecule has 7 nitrogen and oxygen atoms in total. The van der Waals surface area contributed by atoms with Crippen molar-refractivity contribution in [3.63, 3.8) is 0 Å². The second-order valence-electron chi connectivity index (χ2n) is 7.93. The number of hydrogen-bond donors (Lipinski definition) is 2. The molecular formula is C24H33N3O4S. The highest BCUT2D eigenvalue weighted by atomic mass is 32.2. The minimum Gasteiger partial charge on any atom is -0.496 e. The molecule has 1 fully saturated rings. The van der Waals surface area contributed by atoms with Crippen LogP contribution in [0.4, 0.5) is 5.69 Å². The van der Waals surface area contributed by atoms with Crippen molar-refractivity contribution in [2.24, 2.45) is 0 Å². The van der Waals surface area contributed by atoms with E-state index in [1.807, 2.05) is 30.3 Å². The van der Waals surface area contributed by atoms with E-state index in [1.165, 1.54) is 13.2 Å². The number of likely N-dealkylation sites (N-methyl/N-ethyl adjacent to an activating group) is 1. The molecule has 2 aromatic carbocycles. The third kappa shape index (κ3) is 5.61. The summed E-state index contributed by atoms with van der Waals surface area (Å²) >= 11 is 0. The van der Waals surface area contributed by atoms with Crippen LogP contribution in [0, 0.1) is 0 Å². The molecule has 1 heterocycles. The number of anilines is 1. The van der Waals surface area contributed by atoms with Crippen LogP contribution in [0.15, 0.2) is 47.4 Å². The number of ether oxygens (including phenoxy) is 1. The topological polar surface area (TPSA) is 87.7 Å². The molecule has 174 valence electrons. The van der Waals surface area contributed by atoms with E-state index in [9.17, 15) is 13.2 Å². The lowest BCUT2D eigenvalue weighted by molar-refractivity contribution is 0.0938. The molecule has 0 aromatic heterocycles. The van der Waals surface area contributed by atoms with Gasteiger partial charge < -0.3 is 15.4 Å². The summed E-state index contributed by atoms with van der Waals surface area (Å²) in [7, 11) is -2.08. The average molecular weight is 460 g/mol. The standard InChI is InChI=1S/C24H33N3O4S/c1-4-27-13-9-12-19(27)17-26-24(28)20-14-23(32(29,30)5-2)21(15-22(20)31-3)25-16-18-10-7-6-8-11-18/h6-8,10-11,14-15,19,25H,4-5,9,12-13,16-17H2,1-3H3,(H,26,28). The molecule has 1 saturated heterocycles. The second kappa shape index (κ2) is 10.8. The van der Waals surface area contributed by atoms with Crippen LogP contribution in [0.25, 0.3) is 0 Å². The summed E-state index contributed by atoms with van der Waals surface area (Å²) in [4.78, 5) is 15.5. The zero-order chi connectivity index (χ0) is 23.1. The highest BCUT2D eigenvalue weighted by Crippen LogP contribution is 2.32. The smallest absolute Gasteiger partial charge is 0.255 e. The van der Waals surface area contributed by atoms with Gasteiger partial charge in [0.15, 0.2) is 9.84 Å². The van der Waals surface area contributed by atoms with Gasteiger partial charge in [-0.25, -0.2) is 8.42 Å². The quantitative estimate of drug-likeness (QED) is 0.567. The zero-order valence-corrected chi connectivity index (χ0v) is 19.9. The number of nitrogens with one attached hydrogen (secondary N) is 2. The molecule has 1 amide bonds. The van der Waals surface area contributed by atoms with Crippen LogP contribution in [0.3, 0.4) is 0 Å². The van der Waals surface area contributed by atoms with Crippen LogP contribution in [0.1, 0.15) is 42.6 Å². The van der Waals surface area contributed by atoms with Crippen LogP contribution >= 0.6 is 0 Å². The van der Waals surface area contributed by atoms with Gasteiger partial charge in [0.25, 0.3) is 5.91 Å². The maximum atomic E-state index is 13.0. The first-order chi connectivity index (χ1) is 15.4. The van der Waals surface area contributed by atoms with Gasteiger partial charge in [0.05, 0.1) is 29.0 Å². The molecule has 0 spiro atoms. The highest BCUT2D eigenvalue weighted by Gasteiger charge is 2.26. The number of carbonyl (C=O) groups is 1. The van der Waals surface area contributed by atoms with Crippen molar-refractivity contribution in [3.8, 4) is 5.75 Å². The van der Waals surface area contributed by atoms with Gasteiger partial charge in [-0.2, -0.15) is 0 Å². The average Bonchev–Trinajstić information content (AvgIpc) is 3.28. The summed E-state index contributed by atoms with van der Waals surface area (Å²) in [6, 6.07) is 13.1. The number of amides is 1. The molecule has 0 bridgehead atoms. The monoisotopic (exact) mass is 459 g/mol. The molecular weight excluding hydrogens is 426 g/mol. The molecule has 3 rings (SSSR count).